The predicted molar refractivity (Wildman–Crippen MR) is 86.8 cm³/mol. The summed E-state index contributed by atoms with van der Waals surface area (Å²) in [6, 6.07) is 6.71. The van der Waals surface area contributed by atoms with E-state index in [1.54, 1.807) is 0 Å². The zero-order valence-electron chi connectivity index (χ0n) is 13.3. The molecule has 1 unspecified atom stereocenters. The van der Waals surface area contributed by atoms with Crippen molar-refractivity contribution in [1.29, 1.82) is 0 Å². The van der Waals surface area contributed by atoms with Gasteiger partial charge in [-0.25, -0.2) is 4.39 Å². The quantitative estimate of drug-likeness (QED) is 0.779. The van der Waals surface area contributed by atoms with E-state index in [2.05, 4.69) is 0 Å². The fraction of sp³-hybridized carbons (Fsp3) is 0.611. The number of hydrogen-bond donors (Lipinski definition) is 1. The summed E-state index contributed by atoms with van der Waals surface area (Å²) in [5.41, 5.74) is 6.53. The molecule has 1 aromatic carbocycles. The number of halogens is 1. The monoisotopic (exact) mass is 306 g/mol. The number of rotatable bonds is 7. The summed E-state index contributed by atoms with van der Waals surface area (Å²) in [7, 11) is 0. The van der Waals surface area contributed by atoms with E-state index in [0.717, 1.165) is 63.6 Å². The van der Waals surface area contributed by atoms with Gasteiger partial charge < -0.3 is 10.6 Å². The lowest BCUT2D eigenvalue weighted by atomic mass is 9.94. The van der Waals surface area contributed by atoms with Crippen LogP contribution < -0.4 is 5.73 Å². The van der Waals surface area contributed by atoms with E-state index >= 15 is 0 Å². The second kappa shape index (κ2) is 8.89. The molecule has 3 nitrogen and oxygen atoms in total. The van der Waals surface area contributed by atoms with Crippen molar-refractivity contribution in [3.63, 3.8) is 0 Å². The lowest BCUT2D eigenvalue weighted by Crippen LogP contribution is -2.38. The van der Waals surface area contributed by atoms with Crippen molar-refractivity contribution in [3.8, 4) is 0 Å². The van der Waals surface area contributed by atoms with Crippen LogP contribution >= 0.6 is 0 Å². The second-order valence-corrected chi connectivity index (χ2v) is 6.10. The van der Waals surface area contributed by atoms with Gasteiger partial charge in [-0.3, -0.25) is 4.79 Å². The Morgan fingerprint density at radius 2 is 1.86 bits per heavy atom. The fourth-order valence-electron chi connectivity index (χ4n) is 3.18. The molecule has 1 atom stereocenters. The molecule has 1 amide bonds. The van der Waals surface area contributed by atoms with Crippen molar-refractivity contribution >= 4 is 5.91 Å². The van der Waals surface area contributed by atoms with Gasteiger partial charge in [-0.1, -0.05) is 25.0 Å². The lowest BCUT2D eigenvalue weighted by molar-refractivity contribution is -0.135. The molecule has 1 aromatic rings. The zero-order valence-corrected chi connectivity index (χ0v) is 13.3. The number of hydrogen-bond acceptors (Lipinski definition) is 2. The van der Waals surface area contributed by atoms with Gasteiger partial charge in [0, 0.05) is 13.0 Å². The highest BCUT2D eigenvalue weighted by molar-refractivity contribution is 5.76. The minimum Gasteiger partial charge on any atom is -0.336 e. The molecule has 1 aliphatic heterocycles. The first-order valence-electron chi connectivity index (χ1n) is 8.47. The molecule has 0 radical (unpaired) electrons. The van der Waals surface area contributed by atoms with Crippen LogP contribution in [0.5, 0.6) is 0 Å². The second-order valence-electron chi connectivity index (χ2n) is 6.10. The van der Waals surface area contributed by atoms with Crippen molar-refractivity contribution < 1.29 is 9.18 Å². The molecule has 2 rings (SSSR count). The van der Waals surface area contributed by atoms with Crippen LogP contribution in [0.15, 0.2) is 24.3 Å². The molecule has 1 aliphatic rings. The maximum absolute atomic E-state index is 13.1. The van der Waals surface area contributed by atoms with E-state index < -0.39 is 0 Å². The van der Waals surface area contributed by atoms with E-state index in [9.17, 15) is 9.18 Å². The maximum atomic E-state index is 13.1. The van der Waals surface area contributed by atoms with Crippen LogP contribution in [0.2, 0.25) is 0 Å². The largest absolute Gasteiger partial charge is 0.336 e. The molecule has 0 aromatic heterocycles. The first kappa shape index (κ1) is 16.9. The molecule has 1 fully saturated rings. The number of nitrogens with two attached hydrogens (primary N) is 1. The smallest absolute Gasteiger partial charge is 0.223 e. The number of amides is 1. The van der Waals surface area contributed by atoms with Crippen LogP contribution in [-0.4, -0.2) is 23.9 Å². The van der Waals surface area contributed by atoms with Crippen LogP contribution in [0.3, 0.4) is 0 Å². The van der Waals surface area contributed by atoms with E-state index in [-0.39, 0.29) is 17.8 Å². The average molecular weight is 306 g/mol. The van der Waals surface area contributed by atoms with Crippen molar-refractivity contribution in [3.05, 3.63) is 35.6 Å². The number of likely N-dealkylation sites (tertiary alicyclic amines) is 1. The fourth-order valence-corrected chi connectivity index (χ4v) is 3.18. The van der Waals surface area contributed by atoms with Crippen LogP contribution in [0.4, 0.5) is 4.39 Å². The number of carbonyl (C=O) groups is 1. The van der Waals surface area contributed by atoms with Gasteiger partial charge in [-0.2, -0.15) is 0 Å². The van der Waals surface area contributed by atoms with Gasteiger partial charge in [0.15, 0.2) is 0 Å². The molecule has 1 heterocycles. The summed E-state index contributed by atoms with van der Waals surface area (Å²) in [6.07, 6.45) is 7.93. The number of benzene rings is 1. The van der Waals surface area contributed by atoms with Crippen molar-refractivity contribution in [2.45, 2.75) is 57.4 Å². The van der Waals surface area contributed by atoms with Crippen molar-refractivity contribution in [2.75, 3.05) is 13.1 Å². The summed E-state index contributed by atoms with van der Waals surface area (Å²) in [6.45, 7) is 1.55. The minimum absolute atomic E-state index is 0.117. The molecule has 4 heteroatoms. The highest BCUT2D eigenvalue weighted by Crippen LogP contribution is 2.31. The van der Waals surface area contributed by atoms with Gasteiger partial charge in [0.05, 0.1) is 6.04 Å². The number of nitrogens with zero attached hydrogens (tertiary/aromatic N) is 1. The maximum Gasteiger partial charge on any atom is 0.223 e. The number of unbranched alkanes of at least 4 members (excludes halogenated alkanes) is 3. The van der Waals surface area contributed by atoms with Gasteiger partial charge in [0.25, 0.3) is 0 Å². The Balaban J connectivity index is 1.91. The normalized spacial score (nSPS) is 18.5. The van der Waals surface area contributed by atoms with E-state index in [0.29, 0.717) is 6.42 Å². The average Bonchev–Trinajstić information content (AvgIpc) is 2.55. The van der Waals surface area contributed by atoms with Gasteiger partial charge in [0.2, 0.25) is 5.91 Å². The van der Waals surface area contributed by atoms with Gasteiger partial charge in [0.1, 0.15) is 5.82 Å². The third kappa shape index (κ3) is 4.80. The summed E-state index contributed by atoms with van der Waals surface area (Å²) in [5, 5.41) is 0. The summed E-state index contributed by atoms with van der Waals surface area (Å²) in [5.74, 6) is 0.0131. The molecular weight excluding hydrogens is 279 g/mol. The van der Waals surface area contributed by atoms with E-state index in [1.807, 2.05) is 17.0 Å². The molecule has 22 heavy (non-hydrogen) atoms. The van der Waals surface area contributed by atoms with Crippen molar-refractivity contribution in [2.24, 2.45) is 5.73 Å². The molecule has 0 aliphatic carbocycles. The zero-order chi connectivity index (χ0) is 15.8. The van der Waals surface area contributed by atoms with Crippen LogP contribution in [0.25, 0.3) is 0 Å². The SMILES string of the molecule is NCCCCCCC(=O)N1CCCCC1c1ccc(F)cc1. The summed E-state index contributed by atoms with van der Waals surface area (Å²) >= 11 is 0. The summed E-state index contributed by atoms with van der Waals surface area (Å²) < 4.78 is 13.1. The third-order valence-corrected chi connectivity index (χ3v) is 4.42. The molecule has 1 saturated heterocycles. The Morgan fingerprint density at radius 3 is 2.59 bits per heavy atom. The Hall–Kier alpha value is -1.42. The topological polar surface area (TPSA) is 46.3 Å². The van der Waals surface area contributed by atoms with E-state index in [1.165, 1.54) is 12.1 Å². The molecule has 122 valence electrons. The van der Waals surface area contributed by atoms with Gasteiger partial charge in [-0.05, 0) is 56.3 Å². The van der Waals surface area contributed by atoms with Crippen molar-refractivity contribution in [1.82, 2.24) is 4.90 Å². The Morgan fingerprint density at radius 1 is 1.14 bits per heavy atom. The highest BCUT2D eigenvalue weighted by atomic mass is 19.1. The van der Waals surface area contributed by atoms with Crippen LogP contribution in [-0.2, 0) is 4.79 Å². The van der Waals surface area contributed by atoms with Gasteiger partial charge in [-0.15, -0.1) is 0 Å². The molecule has 0 saturated carbocycles. The number of piperidine rings is 1. The standard InChI is InChI=1S/C18H27FN2O/c19-16-11-9-15(10-12-16)17-7-4-6-14-21(17)18(22)8-3-1-2-5-13-20/h9-12,17H,1-8,13-14,20H2. The first-order chi connectivity index (χ1) is 10.7. The lowest BCUT2D eigenvalue weighted by Gasteiger charge is -2.36. The first-order valence-corrected chi connectivity index (χ1v) is 8.47. The number of carbonyl (C=O) groups excluding carboxylic acids is 1. The Bertz CT molecular complexity index is 461. The van der Waals surface area contributed by atoms with E-state index in [4.69, 9.17) is 5.73 Å². The van der Waals surface area contributed by atoms with Gasteiger partial charge >= 0.3 is 0 Å². The van der Waals surface area contributed by atoms with Crippen LogP contribution in [0, 0.1) is 5.82 Å². The molecule has 0 bridgehead atoms. The highest BCUT2D eigenvalue weighted by Gasteiger charge is 2.27. The Labute approximate surface area is 132 Å². The predicted octanol–water partition coefficient (Wildman–Crippen LogP) is 3.79. The third-order valence-electron chi connectivity index (χ3n) is 4.42. The Kier molecular flexibility index (Phi) is 6.84. The summed E-state index contributed by atoms with van der Waals surface area (Å²) in [4.78, 5) is 14.5. The molecule has 0 spiro atoms. The van der Waals surface area contributed by atoms with Crippen LogP contribution in [0.1, 0.15) is 63.0 Å². The minimum atomic E-state index is -0.225. The molecular formula is C18H27FN2O. The molecule has 2 N–H and O–H groups in total.